The van der Waals surface area contributed by atoms with Crippen molar-refractivity contribution >= 4 is 0 Å². The summed E-state index contributed by atoms with van der Waals surface area (Å²) >= 11 is 0. The summed E-state index contributed by atoms with van der Waals surface area (Å²) in [6.07, 6.45) is 10.0. The van der Waals surface area contributed by atoms with Crippen molar-refractivity contribution in [2.75, 3.05) is 0 Å². The van der Waals surface area contributed by atoms with Crippen LogP contribution in [0.4, 0.5) is 0 Å². The summed E-state index contributed by atoms with van der Waals surface area (Å²) in [5.41, 5.74) is 0. The monoisotopic (exact) mass is 397 g/mol. The third-order valence-corrected chi connectivity index (χ3v) is 0.680. The van der Waals surface area contributed by atoms with Crippen LogP contribution in [0, 0.1) is 59.7 Å². The van der Waals surface area contributed by atoms with Crippen molar-refractivity contribution in [1.29, 1.82) is 0 Å². The first-order valence-corrected chi connectivity index (χ1v) is 2.60. The fourth-order valence-electron chi connectivity index (χ4n) is 0.359. The van der Waals surface area contributed by atoms with Gasteiger partial charge in [-0.2, -0.15) is 15.9 Å². The Labute approximate surface area is 116 Å². The molecule has 4 nitrogen and oxygen atoms in total. The van der Waals surface area contributed by atoms with Crippen molar-refractivity contribution in [3.63, 3.8) is 0 Å². The maximum atomic E-state index is 8.81. The van der Waals surface area contributed by atoms with Crippen LogP contribution in [0.1, 0.15) is 6.42 Å². The van der Waals surface area contributed by atoms with E-state index in [0.717, 1.165) is 6.42 Å². The van der Waals surface area contributed by atoms with Crippen LogP contribution in [0.3, 0.4) is 0 Å². The fraction of sp³-hybridized carbons (Fsp3) is 0.0909. The Kier molecular flexibility index (Phi) is 135. The molecule has 0 aliphatic heterocycles. The minimum atomic E-state index is 0. The Balaban J connectivity index is -0.0000000147. The largest absolute Gasteiger partial charge is 0.358 e. The summed E-state index contributed by atoms with van der Waals surface area (Å²) < 4.78 is 0. The molecule has 0 aromatic rings. The van der Waals surface area contributed by atoms with Gasteiger partial charge in [-0.25, -0.2) is 22.5 Å². The van der Waals surface area contributed by atoms with Crippen molar-refractivity contribution in [2.24, 2.45) is 10.4 Å². The van der Waals surface area contributed by atoms with E-state index in [1.54, 1.807) is 0 Å². The topological polar surface area (TPSA) is 58.9 Å². The van der Waals surface area contributed by atoms with Crippen LogP contribution < -0.4 is 0 Å². The molecule has 0 N–H and O–H groups in total. The molecule has 1 aliphatic rings. The van der Waals surface area contributed by atoms with Gasteiger partial charge in [0.25, 0.3) is 0 Å². The molecule has 0 bridgehead atoms. The van der Waals surface area contributed by atoms with Crippen molar-refractivity contribution in [3.8, 4) is 0 Å². The van der Waals surface area contributed by atoms with Crippen molar-refractivity contribution in [2.45, 2.75) is 6.42 Å². The molecule has 0 fully saturated rings. The Morgan fingerprint density at radius 1 is 1.00 bits per heavy atom. The number of allylic oxidation sites excluding steroid dienone is 4. The van der Waals surface area contributed by atoms with Crippen LogP contribution >= 0.6 is 0 Å². The average molecular weight is 397 g/mol. The summed E-state index contributed by atoms with van der Waals surface area (Å²) in [6, 6.07) is 0. The zero-order chi connectivity index (χ0) is 7.66. The Morgan fingerprint density at radius 3 is 1.50 bits per heavy atom. The second-order valence-electron chi connectivity index (χ2n) is 1.33. The minimum absolute atomic E-state index is 0. The van der Waals surface area contributed by atoms with Crippen LogP contribution in [-0.4, -0.2) is 0 Å². The van der Waals surface area contributed by atoms with Crippen LogP contribution in [0.2, 0.25) is 0 Å². The van der Waals surface area contributed by atoms with Crippen LogP contribution in [0.25, 0.3) is 0 Å². The van der Waals surface area contributed by atoms with Gasteiger partial charge < -0.3 is 37.1 Å². The van der Waals surface area contributed by atoms with Gasteiger partial charge in [0.05, 0.1) is 0 Å². The van der Waals surface area contributed by atoms with E-state index in [9.17, 15) is 0 Å². The fourth-order valence-corrected chi connectivity index (χ4v) is 0.359. The predicted octanol–water partition coefficient (Wildman–Crippen LogP) is 4.19. The SMILES string of the molecule is O=N[CH-]N=O.[C-]1=CC=CC1.[CH3-].[CH3-].[CH3-].[CH3-].[CH3-].[W]. The van der Waals surface area contributed by atoms with Crippen LogP contribution in [0.5, 0.6) is 0 Å². The molecule has 0 aromatic carbocycles. The predicted molar refractivity (Wildman–Crippen MR) is 69.5 cm³/mol. The minimum Gasteiger partial charge on any atom is -0.358 e. The molecule has 0 aromatic heterocycles. The summed E-state index contributed by atoms with van der Waals surface area (Å²) in [5, 5.41) is 4.00. The van der Waals surface area contributed by atoms with E-state index >= 15 is 0 Å². The molecule has 0 amide bonds. The van der Waals surface area contributed by atoms with E-state index in [0.29, 0.717) is 6.67 Å². The van der Waals surface area contributed by atoms with E-state index in [2.05, 4.69) is 12.2 Å². The first kappa shape index (κ1) is 45.5. The number of hydrogen-bond acceptors (Lipinski definition) is 4. The van der Waals surface area contributed by atoms with E-state index in [-0.39, 0.29) is 58.2 Å². The van der Waals surface area contributed by atoms with Gasteiger partial charge in [0.2, 0.25) is 0 Å². The maximum Gasteiger partial charge on any atom is 0 e. The maximum absolute atomic E-state index is 8.81. The van der Waals surface area contributed by atoms with Gasteiger partial charge in [0.15, 0.2) is 0 Å². The van der Waals surface area contributed by atoms with E-state index < -0.39 is 0 Å². The Hall–Kier alpha value is -0.762. The molecule has 0 atom stereocenters. The summed E-state index contributed by atoms with van der Waals surface area (Å²) in [4.78, 5) is 17.6. The number of hydrogen-bond donors (Lipinski definition) is 0. The molecule has 1 aliphatic carbocycles. The molecule has 100 valence electrons. The van der Waals surface area contributed by atoms with Gasteiger partial charge in [-0.05, 0) is 0 Å². The van der Waals surface area contributed by atoms with E-state index in [1.165, 1.54) is 0 Å². The molecular weight excluding hydrogens is 376 g/mol. The van der Waals surface area contributed by atoms with Crippen LogP contribution in [0.15, 0.2) is 28.6 Å². The van der Waals surface area contributed by atoms with Gasteiger partial charge in [-0.1, -0.05) is 6.67 Å². The van der Waals surface area contributed by atoms with Crippen molar-refractivity contribution in [3.05, 3.63) is 77.9 Å². The average Bonchev–Trinajstić information content (AvgIpc) is 2.44. The standard InChI is InChI=1S/C5H5.CHN2O2.5CH3.W/c1-2-4-5-3-1;4-2-1-3-5;;;;;;/h1-3H,4H2;1H;5*1H3;/q7*-1;. The van der Waals surface area contributed by atoms with Gasteiger partial charge in [0, 0.05) is 21.1 Å². The molecular formula is C11H21N2O2W-7. The van der Waals surface area contributed by atoms with Gasteiger partial charge in [-0.3, -0.25) is 6.08 Å². The first-order chi connectivity index (χ1) is 4.91. The number of nitrogens with zero attached hydrogens (tertiary/aromatic N) is 2. The summed E-state index contributed by atoms with van der Waals surface area (Å²) in [5.74, 6) is 0. The van der Waals surface area contributed by atoms with E-state index in [4.69, 9.17) is 9.81 Å². The molecule has 0 heterocycles. The normalized spacial score (nSPS) is 7.25. The Bertz CT molecular complexity index is 144. The molecule has 0 spiro atoms. The third-order valence-electron chi connectivity index (χ3n) is 0.680. The molecule has 0 unspecified atom stereocenters. The van der Waals surface area contributed by atoms with Gasteiger partial charge in [0.1, 0.15) is 0 Å². The zero-order valence-corrected chi connectivity index (χ0v) is 13.6. The smallest absolute Gasteiger partial charge is 0 e. The summed E-state index contributed by atoms with van der Waals surface area (Å²) in [6.45, 7) is 0.389. The zero-order valence-electron chi connectivity index (χ0n) is 10.6. The molecule has 0 saturated carbocycles. The molecule has 5 heteroatoms. The van der Waals surface area contributed by atoms with Crippen molar-refractivity contribution in [1.82, 2.24) is 0 Å². The molecule has 0 saturated heterocycles. The third kappa shape index (κ3) is 50.9. The van der Waals surface area contributed by atoms with Gasteiger partial charge >= 0.3 is 0 Å². The summed E-state index contributed by atoms with van der Waals surface area (Å²) in [7, 11) is 0. The molecule has 0 radical (unpaired) electrons. The van der Waals surface area contributed by atoms with Crippen molar-refractivity contribution < 1.29 is 21.1 Å². The molecule has 16 heavy (non-hydrogen) atoms. The number of nitroso groups, excluding NO2 is 2. The Morgan fingerprint density at radius 2 is 1.44 bits per heavy atom. The number of rotatable bonds is 2. The van der Waals surface area contributed by atoms with Crippen LogP contribution in [-0.2, 0) is 21.1 Å². The molecule has 1 rings (SSSR count). The quantitative estimate of drug-likeness (QED) is 0.518. The van der Waals surface area contributed by atoms with Gasteiger partial charge in [-0.15, -0.1) is 6.42 Å². The second-order valence-corrected chi connectivity index (χ2v) is 1.33. The first-order valence-electron chi connectivity index (χ1n) is 2.60. The van der Waals surface area contributed by atoms with E-state index in [1.807, 2.05) is 22.5 Å². The second kappa shape index (κ2) is 47.6.